The molecule has 21 heavy (non-hydrogen) atoms. The SMILES string of the molecule is CC.CCCN(c1cc/c(=N/N)n(N)n1)C1CCOCC1. The molecule has 0 bridgehead atoms. The molecule has 0 unspecified atom stereocenters. The summed E-state index contributed by atoms with van der Waals surface area (Å²) in [5.74, 6) is 11.9. The fourth-order valence-electron chi connectivity index (χ4n) is 2.40. The standard InChI is InChI=1S/C12H22N6O.C2H6/c1-2-7-17(10-5-8-19-9-6-10)12-4-3-11(15-13)18(14)16-12;1-2/h3-4,10H,2,5-9,13-14H2,1H3;1-2H3/b15-11-;. The third-order valence-electron chi connectivity index (χ3n) is 3.35. The normalized spacial score (nSPS) is 16.2. The van der Waals surface area contributed by atoms with Gasteiger partial charge in [-0.25, -0.2) is 0 Å². The maximum absolute atomic E-state index is 5.78. The summed E-state index contributed by atoms with van der Waals surface area (Å²) in [5.41, 5.74) is 0.451. The Bertz CT molecular complexity index is 467. The predicted molar refractivity (Wildman–Crippen MR) is 85.0 cm³/mol. The minimum atomic E-state index is 0.451. The van der Waals surface area contributed by atoms with Gasteiger partial charge in [0, 0.05) is 25.8 Å². The van der Waals surface area contributed by atoms with Gasteiger partial charge in [0.25, 0.3) is 0 Å². The van der Waals surface area contributed by atoms with E-state index in [-0.39, 0.29) is 0 Å². The first-order chi connectivity index (χ1) is 10.3. The number of aromatic nitrogens is 2. The first-order valence-electron chi connectivity index (χ1n) is 7.70. The molecular formula is C14H28N6O. The number of nitrogens with two attached hydrogens (primary N) is 2. The second kappa shape index (κ2) is 9.23. The topological polar surface area (TPSA) is 94.7 Å². The molecule has 1 aromatic heterocycles. The lowest BCUT2D eigenvalue weighted by Crippen LogP contribution is -2.42. The third-order valence-corrected chi connectivity index (χ3v) is 3.35. The van der Waals surface area contributed by atoms with Crippen LogP contribution in [0.3, 0.4) is 0 Å². The van der Waals surface area contributed by atoms with Crippen LogP contribution in [0.1, 0.15) is 40.0 Å². The van der Waals surface area contributed by atoms with Crippen molar-refractivity contribution in [2.24, 2.45) is 10.9 Å². The summed E-state index contributed by atoms with van der Waals surface area (Å²) in [6.45, 7) is 8.73. The average molecular weight is 296 g/mol. The highest BCUT2D eigenvalue weighted by molar-refractivity contribution is 5.38. The van der Waals surface area contributed by atoms with Crippen molar-refractivity contribution in [1.29, 1.82) is 0 Å². The molecule has 7 nitrogen and oxygen atoms in total. The molecule has 0 aliphatic carbocycles. The van der Waals surface area contributed by atoms with Crippen molar-refractivity contribution in [3.8, 4) is 0 Å². The largest absolute Gasteiger partial charge is 0.381 e. The molecule has 1 aromatic rings. The average Bonchev–Trinajstić information content (AvgIpc) is 2.55. The lowest BCUT2D eigenvalue weighted by atomic mass is 10.1. The summed E-state index contributed by atoms with van der Waals surface area (Å²) < 4.78 is 5.42. The molecule has 2 heterocycles. The Morgan fingerprint density at radius 3 is 2.57 bits per heavy atom. The van der Waals surface area contributed by atoms with Gasteiger partial charge >= 0.3 is 0 Å². The van der Waals surface area contributed by atoms with Gasteiger partial charge < -0.3 is 21.3 Å². The molecule has 0 atom stereocenters. The van der Waals surface area contributed by atoms with Crippen LogP contribution in [0.15, 0.2) is 17.2 Å². The Balaban J connectivity index is 0.00000106. The Morgan fingerprint density at radius 2 is 2.05 bits per heavy atom. The van der Waals surface area contributed by atoms with Crippen molar-refractivity contribution < 1.29 is 4.74 Å². The highest BCUT2D eigenvalue weighted by atomic mass is 16.5. The van der Waals surface area contributed by atoms with Gasteiger partial charge in [-0.1, -0.05) is 20.8 Å². The molecule has 2 rings (SSSR count). The summed E-state index contributed by atoms with van der Waals surface area (Å²) in [7, 11) is 0. The van der Waals surface area contributed by atoms with Crippen molar-refractivity contribution >= 4 is 5.82 Å². The lowest BCUT2D eigenvalue weighted by Gasteiger charge is -2.35. The molecule has 0 amide bonds. The molecule has 0 radical (unpaired) electrons. The van der Waals surface area contributed by atoms with E-state index < -0.39 is 0 Å². The van der Waals surface area contributed by atoms with Gasteiger partial charge in [-0.2, -0.15) is 9.89 Å². The van der Waals surface area contributed by atoms with Crippen LogP contribution in [0.4, 0.5) is 5.82 Å². The highest BCUT2D eigenvalue weighted by Crippen LogP contribution is 2.20. The molecule has 0 spiro atoms. The number of rotatable bonds is 4. The molecule has 7 heteroatoms. The molecule has 1 aliphatic heterocycles. The number of ether oxygens (including phenoxy) is 1. The van der Waals surface area contributed by atoms with Crippen LogP contribution in [0, 0.1) is 0 Å². The molecule has 4 N–H and O–H groups in total. The zero-order chi connectivity index (χ0) is 15.7. The van der Waals surface area contributed by atoms with Crippen molar-refractivity contribution in [3.63, 3.8) is 0 Å². The number of nitrogen functional groups attached to an aromatic ring is 1. The van der Waals surface area contributed by atoms with E-state index in [4.69, 9.17) is 16.4 Å². The summed E-state index contributed by atoms with van der Waals surface area (Å²) in [6, 6.07) is 4.16. The quantitative estimate of drug-likeness (QED) is 0.633. The second-order valence-corrected chi connectivity index (χ2v) is 4.66. The zero-order valence-electron chi connectivity index (χ0n) is 13.3. The van der Waals surface area contributed by atoms with Crippen LogP contribution in [0.5, 0.6) is 0 Å². The molecule has 1 aliphatic rings. The number of anilines is 1. The maximum atomic E-state index is 5.78. The van der Waals surface area contributed by atoms with E-state index in [1.54, 1.807) is 6.07 Å². The van der Waals surface area contributed by atoms with Crippen LogP contribution in [-0.4, -0.2) is 35.7 Å². The molecule has 1 fully saturated rings. The minimum absolute atomic E-state index is 0.451. The number of nitrogens with zero attached hydrogens (tertiary/aromatic N) is 4. The Kier molecular flexibility index (Phi) is 7.60. The van der Waals surface area contributed by atoms with Gasteiger partial charge in [0.1, 0.15) is 0 Å². The van der Waals surface area contributed by atoms with Crippen LogP contribution < -0.4 is 22.1 Å². The van der Waals surface area contributed by atoms with Gasteiger partial charge in [0.15, 0.2) is 11.3 Å². The summed E-state index contributed by atoms with van der Waals surface area (Å²) in [4.78, 5) is 3.52. The fraction of sp³-hybridized carbons (Fsp3) is 0.714. The predicted octanol–water partition coefficient (Wildman–Crippen LogP) is 0.793. The smallest absolute Gasteiger partial charge is 0.190 e. The van der Waals surface area contributed by atoms with E-state index in [2.05, 4.69) is 22.0 Å². The minimum Gasteiger partial charge on any atom is -0.381 e. The van der Waals surface area contributed by atoms with Gasteiger partial charge in [-0.05, 0) is 31.4 Å². The molecule has 0 aromatic carbocycles. The van der Waals surface area contributed by atoms with E-state index >= 15 is 0 Å². The summed E-state index contributed by atoms with van der Waals surface area (Å²) >= 11 is 0. The Morgan fingerprint density at radius 1 is 1.38 bits per heavy atom. The molecule has 120 valence electrons. The van der Waals surface area contributed by atoms with Crippen molar-refractivity contribution in [2.75, 3.05) is 30.5 Å². The van der Waals surface area contributed by atoms with Gasteiger partial charge in [-0.15, -0.1) is 5.10 Å². The Labute approximate surface area is 126 Å². The van der Waals surface area contributed by atoms with Gasteiger partial charge in [0.05, 0.1) is 0 Å². The van der Waals surface area contributed by atoms with Gasteiger partial charge in [-0.3, -0.25) is 0 Å². The molecular weight excluding hydrogens is 268 g/mol. The third kappa shape index (κ3) is 4.63. The first kappa shape index (κ1) is 17.3. The van der Waals surface area contributed by atoms with Crippen LogP contribution >= 0.6 is 0 Å². The summed E-state index contributed by atoms with van der Waals surface area (Å²) in [5, 5.41) is 7.91. The van der Waals surface area contributed by atoms with E-state index in [1.165, 1.54) is 4.79 Å². The van der Waals surface area contributed by atoms with Crippen LogP contribution in [0.25, 0.3) is 0 Å². The van der Waals surface area contributed by atoms with E-state index in [0.717, 1.165) is 44.8 Å². The van der Waals surface area contributed by atoms with Crippen LogP contribution in [-0.2, 0) is 4.74 Å². The molecule has 0 saturated carbocycles. The Hall–Kier alpha value is -1.76. The maximum Gasteiger partial charge on any atom is 0.190 e. The highest BCUT2D eigenvalue weighted by Gasteiger charge is 2.22. The lowest BCUT2D eigenvalue weighted by molar-refractivity contribution is 0.0842. The van der Waals surface area contributed by atoms with Crippen molar-refractivity contribution in [1.82, 2.24) is 9.89 Å². The number of hydrogen-bond acceptors (Lipinski definition) is 6. The second-order valence-electron chi connectivity index (χ2n) is 4.66. The molecule has 1 saturated heterocycles. The van der Waals surface area contributed by atoms with Gasteiger partial charge in [0.2, 0.25) is 0 Å². The van der Waals surface area contributed by atoms with E-state index in [0.29, 0.717) is 11.5 Å². The van der Waals surface area contributed by atoms with Crippen molar-refractivity contribution in [3.05, 3.63) is 17.6 Å². The fourth-order valence-corrected chi connectivity index (χ4v) is 2.40. The van der Waals surface area contributed by atoms with Crippen LogP contribution in [0.2, 0.25) is 0 Å². The zero-order valence-corrected chi connectivity index (χ0v) is 13.3. The van der Waals surface area contributed by atoms with Crippen molar-refractivity contribution in [2.45, 2.75) is 46.1 Å². The summed E-state index contributed by atoms with van der Waals surface area (Å²) in [6.07, 6.45) is 3.11. The van der Waals surface area contributed by atoms with E-state index in [9.17, 15) is 0 Å². The number of hydrogen-bond donors (Lipinski definition) is 2. The monoisotopic (exact) mass is 296 g/mol. The first-order valence-corrected chi connectivity index (χ1v) is 7.70. The van der Waals surface area contributed by atoms with E-state index in [1.807, 2.05) is 19.9 Å².